The fraction of sp³-hybridized carbons (Fsp3) is 0.588. The fourth-order valence-electron chi connectivity index (χ4n) is 2.73. The quantitative estimate of drug-likeness (QED) is 0.747. The molecule has 1 rings (SSSR count). The van der Waals surface area contributed by atoms with Crippen LogP contribution in [0.25, 0.3) is 0 Å². The summed E-state index contributed by atoms with van der Waals surface area (Å²) in [6.07, 6.45) is 0.673. The molecule has 4 heteroatoms. The van der Waals surface area contributed by atoms with E-state index in [4.69, 9.17) is 4.74 Å². The van der Waals surface area contributed by atoms with E-state index in [0.717, 1.165) is 18.7 Å². The van der Waals surface area contributed by atoms with E-state index < -0.39 is 5.54 Å². The summed E-state index contributed by atoms with van der Waals surface area (Å²) in [7, 11) is 3.26. The van der Waals surface area contributed by atoms with E-state index in [9.17, 15) is 4.79 Å². The van der Waals surface area contributed by atoms with Gasteiger partial charge < -0.3 is 15.0 Å². The van der Waals surface area contributed by atoms with Crippen molar-refractivity contribution in [3.8, 4) is 0 Å². The summed E-state index contributed by atoms with van der Waals surface area (Å²) < 4.78 is 5.07. The molecule has 0 amide bonds. The van der Waals surface area contributed by atoms with Gasteiger partial charge in [-0.3, -0.25) is 0 Å². The van der Waals surface area contributed by atoms with Crippen molar-refractivity contribution in [2.24, 2.45) is 0 Å². The highest BCUT2D eigenvalue weighted by atomic mass is 16.5. The van der Waals surface area contributed by atoms with E-state index in [1.54, 1.807) is 0 Å². The molecule has 0 aromatic heterocycles. The van der Waals surface area contributed by atoms with Crippen molar-refractivity contribution in [3.63, 3.8) is 0 Å². The molecule has 21 heavy (non-hydrogen) atoms. The van der Waals surface area contributed by atoms with Crippen LogP contribution in [0.1, 0.15) is 32.8 Å². The molecule has 0 aliphatic heterocycles. The molecule has 4 nitrogen and oxygen atoms in total. The van der Waals surface area contributed by atoms with Crippen LogP contribution in [0.2, 0.25) is 0 Å². The number of nitrogens with zero attached hydrogens (tertiary/aromatic N) is 1. The summed E-state index contributed by atoms with van der Waals surface area (Å²) in [5.74, 6) is -0.240. The molecule has 1 atom stereocenters. The lowest BCUT2D eigenvalue weighted by molar-refractivity contribution is -0.149. The Hall–Kier alpha value is -1.39. The average Bonchev–Trinajstić information content (AvgIpc) is 2.52. The number of nitrogens with one attached hydrogen (secondary N) is 1. The molecule has 118 valence electrons. The maximum atomic E-state index is 12.4. The van der Waals surface area contributed by atoms with E-state index in [1.807, 2.05) is 37.4 Å². The van der Waals surface area contributed by atoms with Crippen LogP contribution in [0, 0.1) is 0 Å². The van der Waals surface area contributed by atoms with Gasteiger partial charge in [0.25, 0.3) is 0 Å². The topological polar surface area (TPSA) is 41.6 Å². The number of methoxy groups -OCH3 is 1. The number of likely N-dealkylation sites (N-methyl/N-ethyl adjacent to an activating group) is 1. The zero-order chi connectivity index (χ0) is 15.9. The van der Waals surface area contributed by atoms with E-state index in [-0.39, 0.29) is 5.97 Å². The van der Waals surface area contributed by atoms with Crippen molar-refractivity contribution in [3.05, 3.63) is 35.9 Å². The molecular weight excluding hydrogens is 264 g/mol. The minimum absolute atomic E-state index is 0.240. The maximum Gasteiger partial charge on any atom is 0.330 e. The lowest BCUT2D eigenvalue weighted by Crippen LogP contribution is -2.50. The zero-order valence-corrected chi connectivity index (χ0v) is 13.8. The second-order valence-corrected chi connectivity index (χ2v) is 5.49. The highest BCUT2D eigenvalue weighted by Gasteiger charge is 2.40. The van der Waals surface area contributed by atoms with Crippen LogP contribution in [-0.4, -0.2) is 44.2 Å². The van der Waals surface area contributed by atoms with E-state index in [2.05, 4.69) is 31.0 Å². The van der Waals surface area contributed by atoms with Crippen molar-refractivity contribution in [2.75, 3.05) is 27.2 Å². The SMILES string of the molecule is CCN(CCC(NC)(C(=O)OC)c1ccccc1)C(C)C. The molecular formula is C17H28N2O2. The third-order valence-corrected chi connectivity index (χ3v) is 4.14. The van der Waals surface area contributed by atoms with Crippen molar-refractivity contribution >= 4 is 5.97 Å². The van der Waals surface area contributed by atoms with Gasteiger partial charge in [0.05, 0.1) is 7.11 Å². The van der Waals surface area contributed by atoms with Gasteiger partial charge in [-0.1, -0.05) is 37.3 Å². The van der Waals surface area contributed by atoms with Gasteiger partial charge in [-0.25, -0.2) is 4.79 Å². The minimum Gasteiger partial charge on any atom is -0.467 e. The molecule has 1 aromatic rings. The summed E-state index contributed by atoms with van der Waals surface area (Å²) in [5, 5.41) is 3.20. The van der Waals surface area contributed by atoms with Crippen molar-refractivity contribution < 1.29 is 9.53 Å². The average molecular weight is 292 g/mol. The Labute approximate surface area is 128 Å². The molecule has 0 saturated heterocycles. The van der Waals surface area contributed by atoms with Crippen LogP contribution >= 0.6 is 0 Å². The van der Waals surface area contributed by atoms with Crippen LogP contribution in [0.4, 0.5) is 0 Å². The van der Waals surface area contributed by atoms with Gasteiger partial charge in [-0.2, -0.15) is 0 Å². The Balaban J connectivity index is 3.05. The molecule has 0 spiro atoms. The monoisotopic (exact) mass is 292 g/mol. The molecule has 1 aromatic carbocycles. The van der Waals surface area contributed by atoms with Crippen molar-refractivity contribution in [1.29, 1.82) is 0 Å². The Morgan fingerprint density at radius 3 is 2.38 bits per heavy atom. The van der Waals surface area contributed by atoms with Crippen LogP contribution in [0.5, 0.6) is 0 Å². The molecule has 0 bridgehead atoms. The number of carbonyl (C=O) groups excluding carboxylic acids is 1. The summed E-state index contributed by atoms with van der Waals surface area (Å²) in [4.78, 5) is 14.8. The molecule has 0 aliphatic carbocycles. The fourth-order valence-corrected chi connectivity index (χ4v) is 2.73. The number of hydrogen-bond acceptors (Lipinski definition) is 4. The predicted octanol–water partition coefficient (Wildman–Crippen LogP) is 2.39. The Bertz CT molecular complexity index is 434. The molecule has 0 radical (unpaired) electrons. The van der Waals surface area contributed by atoms with E-state index in [0.29, 0.717) is 12.5 Å². The summed E-state index contributed by atoms with van der Waals surface area (Å²) in [6, 6.07) is 10.2. The van der Waals surface area contributed by atoms with Crippen LogP contribution < -0.4 is 5.32 Å². The first-order valence-electron chi connectivity index (χ1n) is 7.58. The second-order valence-electron chi connectivity index (χ2n) is 5.49. The van der Waals surface area contributed by atoms with Crippen molar-refractivity contribution in [1.82, 2.24) is 10.2 Å². The number of ether oxygens (including phenoxy) is 1. The van der Waals surface area contributed by atoms with E-state index >= 15 is 0 Å². The summed E-state index contributed by atoms with van der Waals surface area (Å²) in [5.41, 5.74) is 0.150. The minimum atomic E-state index is -0.793. The second kappa shape index (κ2) is 8.15. The lowest BCUT2D eigenvalue weighted by Gasteiger charge is -2.34. The highest BCUT2D eigenvalue weighted by molar-refractivity contribution is 5.82. The number of esters is 1. The zero-order valence-electron chi connectivity index (χ0n) is 13.8. The van der Waals surface area contributed by atoms with Gasteiger partial charge in [0.15, 0.2) is 0 Å². The molecule has 0 heterocycles. The summed E-state index contributed by atoms with van der Waals surface area (Å²) in [6.45, 7) is 8.28. The standard InChI is InChI=1S/C17H28N2O2/c1-6-19(14(2)3)13-12-17(18-4,16(20)21-5)15-10-8-7-9-11-15/h7-11,14,18H,6,12-13H2,1-5H3. The Kier molecular flexibility index (Phi) is 6.85. The first-order valence-corrected chi connectivity index (χ1v) is 7.58. The first kappa shape index (κ1) is 17.7. The van der Waals surface area contributed by atoms with Gasteiger partial charge in [0.1, 0.15) is 5.54 Å². The lowest BCUT2D eigenvalue weighted by atomic mass is 9.86. The molecule has 1 N–H and O–H groups in total. The number of rotatable bonds is 8. The predicted molar refractivity (Wildman–Crippen MR) is 86.2 cm³/mol. The number of hydrogen-bond donors (Lipinski definition) is 1. The van der Waals surface area contributed by atoms with Gasteiger partial charge in [-0.05, 0) is 39.4 Å². The first-order chi connectivity index (χ1) is 10.0. The Morgan fingerprint density at radius 1 is 1.33 bits per heavy atom. The normalized spacial score (nSPS) is 14.2. The van der Waals surface area contributed by atoms with Gasteiger partial charge >= 0.3 is 5.97 Å². The summed E-state index contributed by atoms with van der Waals surface area (Å²) >= 11 is 0. The maximum absolute atomic E-state index is 12.4. The number of carbonyl (C=O) groups is 1. The van der Waals surface area contributed by atoms with Crippen LogP contribution in [-0.2, 0) is 15.1 Å². The largest absolute Gasteiger partial charge is 0.467 e. The third-order valence-electron chi connectivity index (χ3n) is 4.14. The smallest absolute Gasteiger partial charge is 0.330 e. The van der Waals surface area contributed by atoms with Crippen LogP contribution in [0.3, 0.4) is 0 Å². The molecule has 0 aliphatic rings. The highest BCUT2D eigenvalue weighted by Crippen LogP contribution is 2.27. The van der Waals surface area contributed by atoms with Gasteiger partial charge in [-0.15, -0.1) is 0 Å². The number of benzene rings is 1. The van der Waals surface area contributed by atoms with Gasteiger partial charge in [0, 0.05) is 12.6 Å². The third kappa shape index (κ3) is 4.05. The molecule has 1 unspecified atom stereocenters. The molecule has 0 saturated carbocycles. The van der Waals surface area contributed by atoms with Gasteiger partial charge in [0.2, 0.25) is 0 Å². The Morgan fingerprint density at radius 2 is 1.95 bits per heavy atom. The van der Waals surface area contributed by atoms with Crippen molar-refractivity contribution in [2.45, 2.75) is 38.8 Å². The van der Waals surface area contributed by atoms with Crippen LogP contribution in [0.15, 0.2) is 30.3 Å². The molecule has 0 fully saturated rings. The van der Waals surface area contributed by atoms with E-state index in [1.165, 1.54) is 7.11 Å².